The maximum Gasteiger partial charge on any atom is 0.263 e. The second kappa shape index (κ2) is 8.10. The number of thiophene rings is 1. The lowest BCUT2D eigenvalue weighted by Crippen LogP contribution is -2.44. The van der Waals surface area contributed by atoms with E-state index in [9.17, 15) is 9.18 Å². The molecule has 3 nitrogen and oxygen atoms in total. The Morgan fingerprint density at radius 1 is 1.29 bits per heavy atom. The Labute approximate surface area is 152 Å². The van der Waals surface area contributed by atoms with E-state index in [1.54, 1.807) is 12.1 Å². The van der Waals surface area contributed by atoms with Crippen LogP contribution in [0.15, 0.2) is 36.4 Å². The normalized spacial score (nSPS) is 18.8. The first-order chi connectivity index (χ1) is 11.0. The highest BCUT2D eigenvalue weighted by Gasteiger charge is 2.27. The number of carbonyl (C=O) groups excluding carboxylic acids is 1. The second-order valence-corrected chi connectivity index (χ2v) is 7.27. The molecule has 1 aliphatic rings. The molecule has 2 atom stereocenters. The lowest BCUT2D eigenvalue weighted by Gasteiger charge is -2.34. The highest BCUT2D eigenvalue weighted by atomic mass is 35.5. The van der Waals surface area contributed by atoms with Crippen LogP contribution in [0.2, 0.25) is 0 Å². The van der Waals surface area contributed by atoms with Crippen LogP contribution in [-0.2, 0) is 0 Å². The molecular weight excluding hydrogens is 347 g/mol. The van der Waals surface area contributed by atoms with Crippen LogP contribution in [0, 0.1) is 11.7 Å². The van der Waals surface area contributed by atoms with Crippen LogP contribution in [0.5, 0.6) is 0 Å². The molecule has 0 aliphatic carbocycles. The summed E-state index contributed by atoms with van der Waals surface area (Å²) in [6.45, 7) is 3.54. The molecule has 0 saturated carbocycles. The predicted octanol–water partition coefficient (Wildman–Crippen LogP) is 4.18. The Morgan fingerprint density at radius 2 is 2.00 bits per heavy atom. The van der Waals surface area contributed by atoms with Crippen molar-refractivity contribution in [2.75, 3.05) is 13.1 Å². The zero-order valence-electron chi connectivity index (χ0n) is 13.6. The number of nitrogens with two attached hydrogens (primary N) is 1. The molecule has 3 rings (SSSR count). The third kappa shape index (κ3) is 4.15. The van der Waals surface area contributed by atoms with E-state index >= 15 is 0 Å². The molecule has 130 valence electrons. The molecule has 2 heterocycles. The number of benzene rings is 1. The van der Waals surface area contributed by atoms with Crippen LogP contribution < -0.4 is 5.73 Å². The van der Waals surface area contributed by atoms with Crippen LogP contribution in [0.1, 0.15) is 29.4 Å². The first-order valence-corrected chi connectivity index (χ1v) is 8.77. The minimum Gasteiger partial charge on any atom is -0.338 e. The number of carbonyl (C=O) groups is 1. The van der Waals surface area contributed by atoms with E-state index < -0.39 is 0 Å². The van der Waals surface area contributed by atoms with Gasteiger partial charge in [-0.3, -0.25) is 4.79 Å². The lowest BCUT2D eigenvalue weighted by atomic mass is 9.92. The van der Waals surface area contributed by atoms with Crippen LogP contribution in [0.3, 0.4) is 0 Å². The van der Waals surface area contributed by atoms with Crippen molar-refractivity contribution in [2.45, 2.75) is 25.8 Å². The fourth-order valence-electron chi connectivity index (χ4n) is 3.00. The van der Waals surface area contributed by atoms with Gasteiger partial charge in [-0.2, -0.15) is 0 Å². The van der Waals surface area contributed by atoms with Crippen molar-refractivity contribution in [3.8, 4) is 10.4 Å². The van der Waals surface area contributed by atoms with Gasteiger partial charge in [0.2, 0.25) is 0 Å². The average molecular weight is 369 g/mol. The molecule has 24 heavy (non-hydrogen) atoms. The Kier molecular flexibility index (Phi) is 6.38. The smallest absolute Gasteiger partial charge is 0.263 e. The molecule has 0 spiro atoms. The van der Waals surface area contributed by atoms with Gasteiger partial charge in [-0.1, -0.05) is 12.1 Å². The van der Waals surface area contributed by atoms with E-state index in [2.05, 4.69) is 0 Å². The summed E-state index contributed by atoms with van der Waals surface area (Å²) in [4.78, 5) is 16.3. The third-order valence-corrected chi connectivity index (χ3v) is 5.56. The average Bonchev–Trinajstić information content (AvgIpc) is 3.05. The number of halogens is 2. The van der Waals surface area contributed by atoms with Gasteiger partial charge in [0.25, 0.3) is 5.91 Å². The fraction of sp³-hybridized carbons (Fsp3) is 0.389. The van der Waals surface area contributed by atoms with Gasteiger partial charge in [0, 0.05) is 24.0 Å². The summed E-state index contributed by atoms with van der Waals surface area (Å²) >= 11 is 1.46. The highest BCUT2D eigenvalue weighted by molar-refractivity contribution is 7.17. The van der Waals surface area contributed by atoms with Gasteiger partial charge >= 0.3 is 0 Å². The zero-order chi connectivity index (χ0) is 16.4. The van der Waals surface area contributed by atoms with Crippen molar-refractivity contribution in [3.63, 3.8) is 0 Å². The van der Waals surface area contributed by atoms with Gasteiger partial charge in [-0.25, -0.2) is 4.39 Å². The summed E-state index contributed by atoms with van der Waals surface area (Å²) in [5.41, 5.74) is 6.93. The molecule has 2 unspecified atom stereocenters. The van der Waals surface area contributed by atoms with Gasteiger partial charge in [-0.05, 0) is 55.5 Å². The van der Waals surface area contributed by atoms with E-state index in [4.69, 9.17) is 5.73 Å². The van der Waals surface area contributed by atoms with E-state index in [0.29, 0.717) is 5.92 Å². The number of amides is 1. The first kappa shape index (κ1) is 18.9. The molecule has 1 saturated heterocycles. The van der Waals surface area contributed by atoms with Crippen LogP contribution in [-0.4, -0.2) is 29.9 Å². The lowest BCUT2D eigenvalue weighted by molar-refractivity contribution is 0.0666. The van der Waals surface area contributed by atoms with Crippen molar-refractivity contribution in [1.29, 1.82) is 0 Å². The molecule has 1 aliphatic heterocycles. The maximum atomic E-state index is 13.0. The third-order valence-electron chi connectivity index (χ3n) is 4.43. The van der Waals surface area contributed by atoms with Gasteiger partial charge in [0.15, 0.2) is 0 Å². The van der Waals surface area contributed by atoms with Crippen LogP contribution in [0.25, 0.3) is 10.4 Å². The molecule has 1 fully saturated rings. The summed E-state index contributed by atoms with van der Waals surface area (Å²) < 4.78 is 13.0. The summed E-state index contributed by atoms with van der Waals surface area (Å²) in [5.74, 6) is 0.204. The van der Waals surface area contributed by atoms with Crippen molar-refractivity contribution in [1.82, 2.24) is 4.90 Å². The number of likely N-dealkylation sites (tertiary alicyclic amines) is 1. The number of hydrogen-bond donors (Lipinski definition) is 1. The van der Waals surface area contributed by atoms with E-state index in [0.717, 1.165) is 41.2 Å². The Hall–Kier alpha value is -1.43. The molecule has 1 amide bonds. The molecular formula is C18H22ClFN2OS. The molecule has 6 heteroatoms. The van der Waals surface area contributed by atoms with Gasteiger partial charge in [-0.15, -0.1) is 23.7 Å². The van der Waals surface area contributed by atoms with Crippen LogP contribution >= 0.6 is 23.7 Å². The van der Waals surface area contributed by atoms with Gasteiger partial charge in [0.1, 0.15) is 5.82 Å². The van der Waals surface area contributed by atoms with E-state index in [-0.39, 0.29) is 30.2 Å². The molecule has 1 aromatic carbocycles. The van der Waals surface area contributed by atoms with Crippen molar-refractivity contribution in [3.05, 3.63) is 47.1 Å². The molecule has 1 aromatic heterocycles. The van der Waals surface area contributed by atoms with Crippen LogP contribution in [0.4, 0.5) is 4.39 Å². The second-order valence-electron chi connectivity index (χ2n) is 6.18. The van der Waals surface area contributed by atoms with E-state index in [1.807, 2.05) is 24.0 Å². The number of rotatable bonds is 3. The Balaban J connectivity index is 0.00000208. The number of hydrogen-bond acceptors (Lipinski definition) is 3. The van der Waals surface area contributed by atoms with Crippen molar-refractivity contribution >= 4 is 29.7 Å². The van der Waals surface area contributed by atoms with Crippen molar-refractivity contribution in [2.24, 2.45) is 11.7 Å². The summed E-state index contributed by atoms with van der Waals surface area (Å²) in [5, 5.41) is 0. The molecule has 0 radical (unpaired) electrons. The fourth-order valence-corrected chi connectivity index (χ4v) is 3.98. The molecule has 0 bridgehead atoms. The summed E-state index contributed by atoms with van der Waals surface area (Å²) in [7, 11) is 0. The van der Waals surface area contributed by atoms with Gasteiger partial charge in [0.05, 0.1) is 4.88 Å². The summed E-state index contributed by atoms with van der Waals surface area (Å²) in [6.07, 6.45) is 2.10. The largest absolute Gasteiger partial charge is 0.338 e. The Morgan fingerprint density at radius 3 is 2.67 bits per heavy atom. The quantitative estimate of drug-likeness (QED) is 0.883. The SMILES string of the molecule is CC(N)C1CCCN(C(=O)c2ccc(-c3ccc(F)cc3)s2)C1.Cl. The highest BCUT2D eigenvalue weighted by Crippen LogP contribution is 2.30. The summed E-state index contributed by atoms with van der Waals surface area (Å²) in [6, 6.07) is 10.3. The number of piperidine rings is 1. The number of nitrogens with zero attached hydrogens (tertiary/aromatic N) is 1. The molecule has 2 aromatic rings. The standard InChI is InChI=1S/C18H21FN2OS.ClH/c1-12(20)14-3-2-10-21(11-14)18(22)17-9-8-16(23-17)13-4-6-15(19)7-5-13;/h4-9,12,14H,2-3,10-11,20H2,1H3;1H. The minimum atomic E-state index is -0.253. The van der Waals surface area contributed by atoms with Gasteiger partial charge < -0.3 is 10.6 Å². The van der Waals surface area contributed by atoms with Crippen molar-refractivity contribution < 1.29 is 9.18 Å². The zero-order valence-corrected chi connectivity index (χ0v) is 15.2. The first-order valence-electron chi connectivity index (χ1n) is 7.95. The molecule has 2 N–H and O–H groups in total. The van der Waals surface area contributed by atoms with E-state index in [1.165, 1.54) is 23.5 Å². The Bertz CT molecular complexity index is 687. The monoisotopic (exact) mass is 368 g/mol. The minimum absolute atomic E-state index is 0. The topological polar surface area (TPSA) is 46.3 Å². The predicted molar refractivity (Wildman–Crippen MR) is 99.2 cm³/mol. The maximum absolute atomic E-state index is 13.0.